The molecular weight excluding hydrogens is 300 g/mol. The van der Waals surface area contributed by atoms with Crippen molar-refractivity contribution in [2.75, 3.05) is 7.11 Å². The molecule has 2 fully saturated rings. The molecule has 3 heteroatoms. The maximum atomic E-state index is 11.9. The summed E-state index contributed by atoms with van der Waals surface area (Å²) in [6, 6.07) is 0. The van der Waals surface area contributed by atoms with Crippen molar-refractivity contribution >= 4 is 5.97 Å². The third-order valence-electron chi connectivity index (χ3n) is 6.66. The van der Waals surface area contributed by atoms with Crippen molar-refractivity contribution in [3.8, 4) is 0 Å². The van der Waals surface area contributed by atoms with Crippen LogP contribution in [0.1, 0.15) is 52.9 Å². The van der Waals surface area contributed by atoms with Crippen molar-refractivity contribution in [1.29, 1.82) is 0 Å². The molecule has 3 nitrogen and oxygen atoms in total. The summed E-state index contributed by atoms with van der Waals surface area (Å²) in [5.41, 5.74) is 2.51. The van der Waals surface area contributed by atoms with E-state index in [4.69, 9.17) is 9.47 Å². The summed E-state index contributed by atoms with van der Waals surface area (Å²) in [7, 11) is 1.54. The maximum absolute atomic E-state index is 11.9. The fourth-order valence-electron chi connectivity index (χ4n) is 5.43. The minimum atomic E-state index is -0.552. The topological polar surface area (TPSA) is 35.5 Å². The summed E-state index contributed by atoms with van der Waals surface area (Å²) in [6.45, 7) is 11.6. The number of hydrogen-bond acceptors (Lipinski definition) is 3. The van der Waals surface area contributed by atoms with E-state index < -0.39 is 6.29 Å². The Bertz CT molecular complexity index is 598. The first-order valence-corrected chi connectivity index (χ1v) is 9.09. The summed E-state index contributed by atoms with van der Waals surface area (Å²) in [5.74, 6) is 0.728. The van der Waals surface area contributed by atoms with E-state index in [1.54, 1.807) is 13.2 Å². The van der Waals surface area contributed by atoms with E-state index in [1.165, 1.54) is 31.3 Å². The summed E-state index contributed by atoms with van der Waals surface area (Å²) in [5, 5.41) is 0. The van der Waals surface area contributed by atoms with Crippen LogP contribution >= 0.6 is 0 Å². The number of carbonyl (C=O) groups is 1. The highest BCUT2D eigenvalue weighted by Crippen LogP contribution is 2.61. The highest BCUT2D eigenvalue weighted by atomic mass is 16.7. The molecule has 2 aliphatic carbocycles. The molecule has 1 heterocycles. The number of carbonyl (C=O) groups excluding carboxylic acids is 1. The standard InChI is InChI=1S/C21H30O3/c1-14-7-10-17-20(2,3)11-6-12-21(17,4)16(14)9-8-15-13-18(23-5)24-19(15)22/h8-9,13,16-18H,1,6-7,10-12H2,2-5H3/t16-,17-,18+,21+/m0/s1. The van der Waals surface area contributed by atoms with Gasteiger partial charge in [-0.05, 0) is 48.5 Å². The molecule has 0 bridgehead atoms. The van der Waals surface area contributed by atoms with Gasteiger partial charge in [0.25, 0.3) is 0 Å². The van der Waals surface area contributed by atoms with Crippen molar-refractivity contribution in [3.05, 3.63) is 36.0 Å². The Kier molecular flexibility index (Phi) is 4.50. The van der Waals surface area contributed by atoms with Gasteiger partial charge in [0.1, 0.15) is 0 Å². The molecule has 3 rings (SSSR count). The van der Waals surface area contributed by atoms with E-state index in [0.29, 0.717) is 22.8 Å². The summed E-state index contributed by atoms with van der Waals surface area (Å²) in [6.07, 6.45) is 11.5. The minimum Gasteiger partial charge on any atom is -0.428 e. The summed E-state index contributed by atoms with van der Waals surface area (Å²) < 4.78 is 10.2. The van der Waals surface area contributed by atoms with Gasteiger partial charge in [0.2, 0.25) is 6.29 Å². The average Bonchev–Trinajstić information content (AvgIpc) is 2.86. The van der Waals surface area contributed by atoms with Crippen LogP contribution in [0.5, 0.6) is 0 Å². The fourth-order valence-corrected chi connectivity index (χ4v) is 5.43. The molecule has 0 aromatic rings. The lowest BCUT2D eigenvalue weighted by Crippen LogP contribution is -2.48. The molecule has 0 spiro atoms. The molecule has 132 valence electrons. The molecule has 24 heavy (non-hydrogen) atoms. The van der Waals surface area contributed by atoms with E-state index in [-0.39, 0.29) is 11.4 Å². The molecule has 0 amide bonds. The van der Waals surface area contributed by atoms with Crippen LogP contribution in [0, 0.1) is 22.7 Å². The van der Waals surface area contributed by atoms with Crippen LogP contribution in [-0.4, -0.2) is 19.4 Å². The van der Waals surface area contributed by atoms with Crippen molar-refractivity contribution in [2.45, 2.75) is 59.2 Å². The quantitative estimate of drug-likeness (QED) is 0.551. The Balaban J connectivity index is 1.87. The van der Waals surface area contributed by atoms with Crippen molar-refractivity contribution in [2.24, 2.45) is 22.7 Å². The molecule has 0 N–H and O–H groups in total. The van der Waals surface area contributed by atoms with Gasteiger partial charge in [-0.2, -0.15) is 0 Å². The van der Waals surface area contributed by atoms with Gasteiger partial charge in [-0.15, -0.1) is 0 Å². The first-order chi connectivity index (χ1) is 11.3. The zero-order chi connectivity index (χ0) is 17.5. The summed E-state index contributed by atoms with van der Waals surface area (Å²) >= 11 is 0. The third kappa shape index (κ3) is 2.88. The van der Waals surface area contributed by atoms with Crippen molar-refractivity contribution in [1.82, 2.24) is 0 Å². The number of methoxy groups -OCH3 is 1. The smallest absolute Gasteiger partial charge is 0.340 e. The molecule has 0 saturated heterocycles. The molecule has 1 aliphatic heterocycles. The second-order valence-electron chi connectivity index (χ2n) is 8.57. The molecule has 0 unspecified atom stereocenters. The van der Waals surface area contributed by atoms with Crippen LogP contribution in [0.3, 0.4) is 0 Å². The van der Waals surface area contributed by atoms with E-state index in [2.05, 4.69) is 33.4 Å². The minimum absolute atomic E-state index is 0.233. The maximum Gasteiger partial charge on any atom is 0.340 e. The van der Waals surface area contributed by atoms with Gasteiger partial charge in [-0.1, -0.05) is 51.5 Å². The van der Waals surface area contributed by atoms with Gasteiger partial charge >= 0.3 is 5.97 Å². The Labute approximate surface area is 145 Å². The van der Waals surface area contributed by atoms with Gasteiger partial charge in [0, 0.05) is 13.0 Å². The largest absolute Gasteiger partial charge is 0.428 e. The van der Waals surface area contributed by atoms with E-state index in [1.807, 2.05) is 6.08 Å². The molecule has 0 aromatic carbocycles. The van der Waals surface area contributed by atoms with Crippen LogP contribution in [0.15, 0.2) is 36.0 Å². The monoisotopic (exact) mass is 330 g/mol. The van der Waals surface area contributed by atoms with Crippen LogP contribution in [0.4, 0.5) is 0 Å². The zero-order valence-electron chi connectivity index (χ0n) is 15.4. The highest BCUT2D eigenvalue weighted by molar-refractivity contribution is 5.93. The number of cyclic esters (lactones) is 1. The second kappa shape index (κ2) is 6.18. The SMILES string of the molecule is C=C1CC[C@H]2C(C)(C)CCC[C@]2(C)[C@H]1C=CC1=C[C@H](OC)OC1=O. The lowest BCUT2D eigenvalue weighted by atomic mass is 9.47. The van der Waals surface area contributed by atoms with E-state index in [9.17, 15) is 4.79 Å². The first-order valence-electron chi connectivity index (χ1n) is 9.09. The summed E-state index contributed by atoms with van der Waals surface area (Å²) in [4.78, 5) is 11.9. The number of rotatable bonds is 3. The second-order valence-corrected chi connectivity index (χ2v) is 8.57. The molecule has 4 atom stereocenters. The molecule has 2 saturated carbocycles. The Morgan fingerprint density at radius 2 is 2.08 bits per heavy atom. The Morgan fingerprint density at radius 3 is 2.75 bits per heavy atom. The number of ether oxygens (including phenoxy) is 2. The highest BCUT2D eigenvalue weighted by Gasteiger charge is 2.52. The predicted octanol–water partition coefficient (Wildman–Crippen LogP) is 4.80. The molecular formula is C21H30O3. The lowest BCUT2D eigenvalue weighted by Gasteiger charge is -2.57. The number of allylic oxidation sites excluding steroid dienone is 2. The number of hydrogen-bond donors (Lipinski definition) is 0. The predicted molar refractivity (Wildman–Crippen MR) is 95.2 cm³/mol. The first kappa shape index (κ1) is 17.5. The lowest BCUT2D eigenvalue weighted by molar-refractivity contribution is -0.154. The van der Waals surface area contributed by atoms with Gasteiger partial charge in [-0.25, -0.2) is 4.79 Å². The van der Waals surface area contributed by atoms with E-state index >= 15 is 0 Å². The molecule has 0 aromatic heterocycles. The number of fused-ring (bicyclic) bond motifs is 1. The van der Waals surface area contributed by atoms with Crippen molar-refractivity contribution < 1.29 is 14.3 Å². The Morgan fingerprint density at radius 1 is 1.33 bits per heavy atom. The molecule has 3 aliphatic rings. The van der Waals surface area contributed by atoms with Gasteiger partial charge in [-0.3, -0.25) is 0 Å². The van der Waals surface area contributed by atoms with E-state index in [0.717, 1.165) is 6.42 Å². The fraction of sp³-hybridized carbons (Fsp3) is 0.667. The van der Waals surface area contributed by atoms with Gasteiger partial charge < -0.3 is 9.47 Å². The van der Waals surface area contributed by atoms with Crippen LogP contribution in [-0.2, 0) is 14.3 Å². The number of esters is 1. The zero-order valence-corrected chi connectivity index (χ0v) is 15.4. The average molecular weight is 330 g/mol. The van der Waals surface area contributed by atoms with Gasteiger partial charge in [0.05, 0.1) is 5.57 Å². The molecule has 0 radical (unpaired) electrons. The van der Waals surface area contributed by atoms with Crippen LogP contribution in [0.2, 0.25) is 0 Å². The van der Waals surface area contributed by atoms with Crippen LogP contribution < -0.4 is 0 Å². The normalized spacial score (nSPS) is 38.8. The van der Waals surface area contributed by atoms with Crippen molar-refractivity contribution in [3.63, 3.8) is 0 Å². The van der Waals surface area contributed by atoms with Gasteiger partial charge in [0.15, 0.2) is 0 Å². The van der Waals surface area contributed by atoms with Crippen LogP contribution in [0.25, 0.3) is 0 Å². The third-order valence-corrected chi connectivity index (χ3v) is 6.66. The Hall–Kier alpha value is -1.35.